The molecule has 0 fully saturated rings. The van der Waals surface area contributed by atoms with Crippen LogP contribution in [0.4, 0.5) is 0 Å². The fraction of sp³-hybridized carbons (Fsp3) is 0.714. The molecule has 0 spiro atoms. The van der Waals surface area contributed by atoms with E-state index in [1.807, 2.05) is 0 Å². The minimum absolute atomic E-state index is 0. The molecule has 0 aromatic heterocycles. The van der Waals surface area contributed by atoms with Gasteiger partial charge in [-0.15, -0.1) is 0 Å². The molecule has 0 aliphatic heterocycles. The molecule has 0 aliphatic rings. The second kappa shape index (κ2) is 8.34. The third-order valence-corrected chi connectivity index (χ3v) is 1.35. The molecule has 0 saturated heterocycles. The zero-order valence-electron chi connectivity index (χ0n) is 9.08. The van der Waals surface area contributed by atoms with Gasteiger partial charge in [-0.2, -0.15) is 0 Å². The van der Waals surface area contributed by atoms with Gasteiger partial charge in [0.05, 0.1) is 6.61 Å². The Morgan fingerprint density at radius 1 is 1.57 bits per heavy atom. The number of aldehydes is 1. The fourth-order valence-corrected chi connectivity index (χ4v) is 0.697. The van der Waals surface area contributed by atoms with E-state index in [2.05, 4.69) is 4.74 Å². The molecule has 0 radical (unpaired) electrons. The standard InChI is InChI=1S/C7H12O6.Na.H/c1-4(10)13-6(3-9)7(12)5(11)2-8;;/h3,5-8,11-12H,2H2,1H3;;/q;+1;-1/t5-,6+,7-;;/m1../s1. The number of carbonyl (C=O) groups excluding carboxylic acids is 2. The topological polar surface area (TPSA) is 104 Å². The van der Waals surface area contributed by atoms with Crippen molar-refractivity contribution >= 4 is 12.3 Å². The zero-order valence-corrected chi connectivity index (χ0v) is 10.1. The molecule has 0 amide bonds. The van der Waals surface area contributed by atoms with Crippen LogP contribution in [0.1, 0.15) is 8.35 Å². The van der Waals surface area contributed by atoms with Gasteiger partial charge in [0.2, 0.25) is 0 Å². The van der Waals surface area contributed by atoms with E-state index in [1.165, 1.54) is 0 Å². The first-order chi connectivity index (χ1) is 6.02. The number of esters is 1. The van der Waals surface area contributed by atoms with Gasteiger partial charge in [-0.25, -0.2) is 0 Å². The predicted molar refractivity (Wildman–Crippen MR) is 41.8 cm³/mol. The molecule has 0 saturated carbocycles. The Morgan fingerprint density at radius 3 is 2.36 bits per heavy atom. The van der Waals surface area contributed by atoms with Gasteiger partial charge in [0, 0.05) is 6.92 Å². The number of hydrogen-bond acceptors (Lipinski definition) is 6. The van der Waals surface area contributed by atoms with Gasteiger partial charge >= 0.3 is 35.5 Å². The molecule has 14 heavy (non-hydrogen) atoms. The zero-order chi connectivity index (χ0) is 10.4. The van der Waals surface area contributed by atoms with E-state index in [-0.39, 0.29) is 37.3 Å². The Bertz CT molecular complexity index is 190. The summed E-state index contributed by atoms with van der Waals surface area (Å²) >= 11 is 0. The van der Waals surface area contributed by atoms with E-state index in [4.69, 9.17) is 15.3 Å². The van der Waals surface area contributed by atoms with Crippen molar-refractivity contribution in [3.63, 3.8) is 0 Å². The summed E-state index contributed by atoms with van der Waals surface area (Å²) in [6.45, 7) is 0.349. The van der Waals surface area contributed by atoms with Crippen LogP contribution in [0, 0.1) is 0 Å². The van der Waals surface area contributed by atoms with Crippen LogP contribution in [0.3, 0.4) is 0 Å². The normalized spacial score (nSPS) is 16.0. The maximum Gasteiger partial charge on any atom is 1.00 e. The van der Waals surface area contributed by atoms with Crippen molar-refractivity contribution in [2.75, 3.05) is 6.61 Å². The minimum Gasteiger partial charge on any atom is -1.00 e. The van der Waals surface area contributed by atoms with E-state index < -0.39 is 30.9 Å². The average Bonchev–Trinajstić information content (AvgIpc) is 2.11. The van der Waals surface area contributed by atoms with Crippen LogP contribution in [-0.4, -0.2) is 52.5 Å². The molecular weight excluding hydrogens is 203 g/mol. The Balaban J connectivity index is -0.000000720. The molecule has 78 valence electrons. The van der Waals surface area contributed by atoms with Gasteiger partial charge in [-0.1, -0.05) is 0 Å². The third kappa shape index (κ3) is 5.69. The van der Waals surface area contributed by atoms with E-state index in [0.717, 1.165) is 6.92 Å². The maximum absolute atomic E-state index is 10.4. The SMILES string of the molecule is CC(=O)O[C@@H](C=O)[C@H](O)[C@H](O)CO.[H-].[Na+]. The number of hydrogen-bond donors (Lipinski definition) is 3. The fourth-order valence-electron chi connectivity index (χ4n) is 0.697. The molecular formula is C7H13NaO6. The van der Waals surface area contributed by atoms with Gasteiger partial charge < -0.3 is 21.5 Å². The molecule has 0 bridgehead atoms. The number of aliphatic hydroxyl groups excluding tert-OH is 3. The van der Waals surface area contributed by atoms with Crippen LogP contribution in [0.2, 0.25) is 0 Å². The summed E-state index contributed by atoms with van der Waals surface area (Å²) in [6.07, 6.45) is -4.37. The van der Waals surface area contributed by atoms with Gasteiger partial charge in [0.15, 0.2) is 12.4 Å². The molecule has 0 aliphatic carbocycles. The van der Waals surface area contributed by atoms with Crippen LogP contribution < -0.4 is 29.6 Å². The van der Waals surface area contributed by atoms with Crippen molar-refractivity contribution in [3.05, 3.63) is 0 Å². The Hall–Kier alpha value is 0.0200. The number of rotatable bonds is 5. The predicted octanol–water partition coefficient (Wildman–Crippen LogP) is -5.05. The number of carbonyl (C=O) groups is 2. The van der Waals surface area contributed by atoms with Crippen molar-refractivity contribution in [2.24, 2.45) is 0 Å². The molecule has 0 rings (SSSR count). The summed E-state index contributed by atoms with van der Waals surface area (Å²) < 4.78 is 4.36. The summed E-state index contributed by atoms with van der Waals surface area (Å²) in [6, 6.07) is 0. The molecule has 6 nitrogen and oxygen atoms in total. The van der Waals surface area contributed by atoms with Crippen LogP contribution in [0.25, 0.3) is 0 Å². The van der Waals surface area contributed by atoms with Crippen molar-refractivity contribution < 1.29 is 60.6 Å². The maximum atomic E-state index is 10.4. The number of aliphatic hydroxyl groups is 3. The summed E-state index contributed by atoms with van der Waals surface area (Å²) in [5.74, 6) is -0.749. The van der Waals surface area contributed by atoms with Gasteiger partial charge in [-0.05, 0) is 0 Å². The monoisotopic (exact) mass is 216 g/mol. The van der Waals surface area contributed by atoms with Crippen LogP contribution in [-0.2, 0) is 14.3 Å². The summed E-state index contributed by atoms with van der Waals surface area (Å²) in [4.78, 5) is 20.7. The second-order valence-electron chi connectivity index (χ2n) is 2.45. The van der Waals surface area contributed by atoms with Crippen molar-refractivity contribution in [1.29, 1.82) is 0 Å². The van der Waals surface area contributed by atoms with Gasteiger partial charge in [0.1, 0.15) is 12.2 Å². The molecule has 3 atom stereocenters. The van der Waals surface area contributed by atoms with Crippen molar-refractivity contribution in [2.45, 2.75) is 25.2 Å². The van der Waals surface area contributed by atoms with Gasteiger partial charge in [-0.3, -0.25) is 9.59 Å². The average molecular weight is 216 g/mol. The summed E-state index contributed by atoms with van der Waals surface area (Å²) in [7, 11) is 0. The van der Waals surface area contributed by atoms with Gasteiger partial charge in [0.25, 0.3) is 0 Å². The van der Waals surface area contributed by atoms with Crippen molar-refractivity contribution in [3.8, 4) is 0 Å². The molecule has 0 aromatic carbocycles. The van der Waals surface area contributed by atoms with Crippen LogP contribution >= 0.6 is 0 Å². The summed E-state index contributed by atoms with van der Waals surface area (Å²) in [5, 5.41) is 26.4. The first-order valence-electron chi connectivity index (χ1n) is 3.62. The first kappa shape index (κ1) is 16.4. The van der Waals surface area contributed by atoms with E-state index in [9.17, 15) is 9.59 Å². The smallest absolute Gasteiger partial charge is 1.00 e. The molecule has 0 unspecified atom stereocenters. The molecule has 7 heteroatoms. The minimum atomic E-state index is -1.61. The Kier molecular flexibility index (Phi) is 9.80. The largest absolute Gasteiger partial charge is 1.00 e. The van der Waals surface area contributed by atoms with Crippen LogP contribution in [0.15, 0.2) is 0 Å². The molecule has 3 N–H and O–H groups in total. The number of ether oxygens (including phenoxy) is 1. The summed E-state index contributed by atoms with van der Waals surface area (Å²) in [5.41, 5.74) is 0. The van der Waals surface area contributed by atoms with Crippen LogP contribution in [0.5, 0.6) is 0 Å². The third-order valence-electron chi connectivity index (χ3n) is 1.35. The van der Waals surface area contributed by atoms with E-state index in [0.29, 0.717) is 0 Å². The van der Waals surface area contributed by atoms with Crippen molar-refractivity contribution in [1.82, 2.24) is 0 Å². The molecule has 0 heterocycles. The Morgan fingerprint density at radius 2 is 2.07 bits per heavy atom. The molecule has 0 aromatic rings. The van der Waals surface area contributed by atoms with E-state index in [1.54, 1.807) is 0 Å². The Labute approximate surface area is 105 Å². The van der Waals surface area contributed by atoms with E-state index >= 15 is 0 Å². The first-order valence-corrected chi connectivity index (χ1v) is 3.62. The second-order valence-corrected chi connectivity index (χ2v) is 2.45. The quantitative estimate of drug-likeness (QED) is 0.241.